The van der Waals surface area contributed by atoms with E-state index in [1.807, 2.05) is 18.2 Å². The second-order valence-electron chi connectivity index (χ2n) is 4.78. The molecule has 0 aliphatic heterocycles. The number of methoxy groups -OCH3 is 2. The van der Waals surface area contributed by atoms with E-state index in [1.165, 1.54) is 0 Å². The molecule has 0 heterocycles. The quantitative estimate of drug-likeness (QED) is 0.823. The van der Waals surface area contributed by atoms with Crippen LogP contribution in [0.1, 0.15) is 32.4 Å². The number of hydrogen-bond donors (Lipinski definition) is 1. The fourth-order valence-electron chi connectivity index (χ4n) is 2.48. The number of nitrogens with zero attached hydrogens (tertiary/aromatic N) is 1. The van der Waals surface area contributed by atoms with Crippen molar-refractivity contribution in [3.8, 4) is 11.5 Å². The number of rotatable bonds is 7. The number of ether oxygens (including phenoxy) is 2. The van der Waals surface area contributed by atoms with Crippen LogP contribution in [0.15, 0.2) is 18.2 Å². The zero-order valence-electron chi connectivity index (χ0n) is 12.6. The molecule has 0 radical (unpaired) electrons. The molecule has 4 heteroatoms. The Hall–Kier alpha value is -1.26. The van der Waals surface area contributed by atoms with E-state index in [4.69, 9.17) is 15.2 Å². The Kier molecular flexibility index (Phi) is 6.12. The second kappa shape index (κ2) is 7.36. The average Bonchev–Trinajstić information content (AvgIpc) is 2.43. The lowest BCUT2D eigenvalue weighted by Gasteiger charge is -2.34. The van der Waals surface area contributed by atoms with Gasteiger partial charge >= 0.3 is 0 Å². The number of likely N-dealkylation sites (N-methyl/N-ethyl adjacent to an activating group) is 1. The monoisotopic (exact) mass is 266 g/mol. The third kappa shape index (κ3) is 3.61. The van der Waals surface area contributed by atoms with Crippen molar-refractivity contribution in [2.45, 2.75) is 32.9 Å². The third-order valence-electron chi connectivity index (χ3n) is 3.45. The van der Waals surface area contributed by atoms with E-state index in [1.54, 1.807) is 14.2 Å². The van der Waals surface area contributed by atoms with Crippen LogP contribution in [0.4, 0.5) is 0 Å². The Labute approximate surface area is 116 Å². The summed E-state index contributed by atoms with van der Waals surface area (Å²) in [6, 6.07) is 6.50. The third-order valence-corrected chi connectivity index (χ3v) is 3.45. The number of benzene rings is 1. The van der Waals surface area contributed by atoms with E-state index in [9.17, 15) is 0 Å². The van der Waals surface area contributed by atoms with E-state index >= 15 is 0 Å². The van der Waals surface area contributed by atoms with Crippen molar-refractivity contribution in [3.63, 3.8) is 0 Å². The van der Waals surface area contributed by atoms with Crippen molar-refractivity contribution in [2.75, 3.05) is 27.3 Å². The van der Waals surface area contributed by atoms with Crippen LogP contribution in [-0.2, 0) is 0 Å². The maximum atomic E-state index is 5.98. The van der Waals surface area contributed by atoms with E-state index < -0.39 is 0 Å². The van der Waals surface area contributed by atoms with Crippen LogP contribution in [0, 0.1) is 0 Å². The first kappa shape index (κ1) is 15.8. The fourth-order valence-corrected chi connectivity index (χ4v) is 2.48. The van der Waals surface area contributed by atoms with E-state index in [2.05, 4.69) is 25.7 Å². The van der Waals surface area contributed by atoms with Gasteiger partial charge in [0, 0.05) is 24.2 Å². The summed E-state index contributed by atoms with van der Waals surface area (Å²) >= 11 is 0. The molecule has 2 N–H and O–H groups in total. The molecule has 0 saturated carbocycles. The predicted molar refractivity (Wildman–Crippen MR) is 78.9 cm³/mol. The van der Waals surface area contributed by atoms with Crippen LogP contribution in [0.2, 0.25) is 0 Å². The van der Waals surface area contributed by atoms with Gasteiger partial charge in [0.2, 0.25) is 0 Å². The molecule has 1 unspecified atom stereocenters. The van der Waals surface area contributed by atoms with Gasteiger partial charge in [-0.25, -0.2) is 0 Å². The van der Waals surface area contributed by atoms with Crippen molar-refractivity contribution < 1.29 is 9.47 Å². The van der Waals surface area contributed by atoms with Crippen LogP contribution >= 0.6 is 0 Å². The molecule has 0 bridgehead atoms. The zero-order valence-corrected chi connectivity index (χ0v) is 12.6. The van der Waals surface area contributed by atoms with Crippen molar-refractivity contribution in [1.82, 2.24) is 4.90 Å². The summed E-state index contributed by atoms with van der Waals surface area (Å²) in [5, 5.41) is 0. The Morgan fingerprint density at radius 1 is 1.21 bits per heavy atom. The first-order valence-electron chi connectivity index (χ1n) is 6.76. The zero-order chi connectivity index (χ0) is 14.4. The molecule has 108 valence electrons. The first-order chi connectivity index (χ1) is 9.08. The van der Waals surface area contributed by atoms with Crippen molar-refractivity contribution in [1.29, 1.82) is 0 Å². The van der Waals surface area contributed by atoms with Gasteiger partial charge in [-0.15, -0.1) is 0 Å². The van der Waals surface area contributed by atoms with Gasteiger partial charge in [0.15, 0.2) is 0 Å². The van der Waals surface area contributed by atoms with Crippen LogP contribution in [0.3, 0.4) is 0 Å². The van der Waals surface area contributed by atoms with E-state index in [-0.39, 0.29) is 6.04 Å². The minimum Gasteiger partial charge on any atom is -0.497 e. The summed E-state index contributed by atoms with van der Waals surface area (Å²) in [6.45, 7) is 8.03. The highest BCUT2D eigenvalue weighted by Gasteiger charge is 2.23. The average molecular weight is 266 g/mol. The van der Waals surface area contributed by atoms with Crippen LogP contribution in [0.25, 0.3) is 0 Å². The highest BCUT2D eigenvalue weighted by Crippen LogP contribution is 2.32. The van der Waals surface area contributed by atoms with Crippen LogP contribution < -0.4 is 15.2 Å². The summed E-state index contributed by atoms with van der Waals surface area (Å²) in [5.41, 5.74) is 7.10. The Bertz CT molecular complexity index is 394. The number of nitrogens with two attached hydrogens (primary N) is 1. The lowest BCUT2D eigenvalue weighted by molar-refractivity contribution is 0.164. The Morgan fingerprint density at radius 3 is 2.32 bits per heavy atom. The molecular formula is C15H26N2O2. The molecule has 0 aliphatic carbocycles. The van der Waals surface area contributed by atoms with Gasteiger partial charge < -0.3 is 15.2 Å². The van der Waals surface area contributed by atoms with Gasteiger partial charge in [-0.3, -0.25) is 4.90 Å². The summed E-state index contributed by atoms with van der Waals surface area (Å²) < 4.78 is 10.7. The largest absolute Gasteiger partial charge is 0.497 e. The number of hydrogen-bond acceptors (Lipinski definition) is 4. The lowest BCUT2D eigenvalue weighted by Crippen LogP contribution is -2.38. The molecule has 0 spiro atoms. The summed E-state index contributed by atoms with van der Waals surface area (Å²) in [4.78, 5) is 2.37. The maximum Gasteiger partial charge on any atom is 0.127 e. The molecule has 1 rings (SSSR count). The standard InChI is InChI=1S/C15H26N2O2/c1-6-17(11(2)3)14(10-16)13-8-7-12(18-4)9-15(13)19-5/h7-9,11,14H,6,10,16H2,1-5H3. The first-order valence-corrected chi connectivity index (χ1v) is 6.76. The van der Waals surface area contributed by atoms with Crippen LogP contribution in [0.5, 0.6) is 11.5 Å². The molecule has 1 atom stereocenters. The molecule has 19 heavy (non-hydrogen) atoms. The van der Waals surface area contributed by atoms with E-state index in [0.717, 1.165) is 23.6 Å². The van der Waals surface area contributed by atoms with Gasteiger partial charge in [0.1, 0.15) is 11.5 Å². The topological polar surface area (TPSA) is 47.7 Å². The molecular weight excluding hydrogens is 240 g/mol. The lowest BCUT2D eigenvalue weighted by atomic mass is 10.0. The molecule has 0 fully saturated rings. The minimum absolute atomic E-state index is 0.158. The van der Waals surface area contributed by atoms with Gasteiger partial charge in [0.05, 0.1) is 20.3 Å². The summed E-state index contributed by atoms with van der Waals surface area (Å²) in [6.07, 6.45) is 0. The van der Waals surface area contributed by atoms with Crippen molar-refractivity contribution >= 4 is 0 Å². The molecule has 1 aromatic rings. The predicted octanol–water partition coefficient (Wildman–Crippen LogP) is 2.43. The summed E-state index contributed by atoms with van der Waals surface area (Å²) in [5.74, 6) is 1.62. The van der Waals surface area contributed by atoms with Gasteiger partial charge in [-0.2, -0.15) is 0 Å². The maximum absolute atomic E-state index is 5.98. The van der Waals surface area contributed by atoms with Crippen molar-refractivity contribution in [3.05, 3.63) is 23.8 Å². The normalized spacial score (nSPS) is 12.8. The van der Waals surface area contributed by atoms with Crippen molar-refractivity contribution in [2.24, 2.45) is 5.73 Å². The minimum atomic E-state index is 0.158. The second-order valence-corrected chi connectivity index (χ2v) is 4.78. The fraction of sp³-hybridized carbons (Fsp3) is 0.600. The molecule has 0 aliphatic rings. The van der Waals surface area contributed by atoms with Crippen LogP contribution in [-0.4, -0.2) is 38.3 Å². The van der Waals surface area contributed by atoms with Gasteiger partial charge in [-0.1, -0.05) is 13.0 Å². The molecule has 4 nitrogen and oxygen atoms in total. The Balaban J connectivity index is 3.16. The summed E-state index contributed by atoms with van der Waals surface area (Å²) in [7, 11) is 3.33. The molecule has 0 amide bonds. The molecule has 1 aromatic carbocycles. The van der Waals surface area contributed by atoms with E-state index in [0.29, 0.717) is 12.6 Å². The Morgan fingerprint density at radius 2 is 1.89 bits per heavy atom. The smallest absolute Gasteiger partial charge is 0.127 e. The molecule has 0 aromatic heterocycles. The SMILES string of the molecule is CCN(C(C)C)C(CN)c1ccc(OC)cc1OC. The van der Waals surface area contributed by atoms with Gasteiger partial charge in [0.25, 0.3) is 0 Å². The highest BCUT2D eigenvalue weighted by atomic mass is 16.5. The van der Waals surface area contributed by atoms with Gasteiger partial charge in [-0.05, 0) is 26.5 Å². The highest BCUT2D eigenvalue weighted by molar-refractivity contribution is 5.42. The molecule has 0 saturated heterocycles.